The van der Waals surface area contributed by atoms with Crippen molar-refractivity contribution in [3.05, 3.63) is 60.7 Å². The molecule has 0 radical (unpaired) electrons. The van der Waals surface area contributed by atoms with Gasteiger partial charge in [0, 0.05) is 6.61 Å². The average Bonchev–Trinajstić information content (AvgIpc) is 2.56. The van der Waals surface area contributed by atoms with E-state index in [0.717, 1.165) is 0 Å². The second-order valence-corrected chi connectivity index (χ2v) is 11.4. The van der Waals surface area contributed by atoms with E-state index < -0.39 is 14.4 Å². The van der Waals surface area contributed by atoms with E-state index in [-0.39, 0.29) is 18.3 Å². The normalized spacial score (nSPS) is 13.7. The molecule has 0 aromatic heterocycles. The monoisotopic (exact) mass is 344 g/mol. The summed E-state index contributed by atoms with van der Waals surface area (Å²) in [5.74, 6) is 0. The molecule has 2 rings (SSSR count). The van der Waals surface area contributed by atoms with Crippen molar-refractivity contribution in [2.45, 2.75) is 38.3 Å². The smallest absolute Gasteiger partial charge is 0.261 e. The molecule has 1 atom stereocenters. The minimum atomic E-state index is -2.58. The van der Waals surface area contributed by atoms with Crippen LogP contribution in [0, 0.1) is 0 Å². The van der Waals surface area contributed by atoms with Crippen LogP contribution in [0.15, 0.2) is 60.7 Å². The van der Waals surface area contributed by atoms with Gasteiger partial charge in [0.05, 0.1) is 12.7 Å². The standard InChI is InChI=1S/C20H28O3Si/c1-20(2,3)24(18-10-6-4-7-11-18,19-12-8-5-9-13-19)23-16-17(22)14-15-21/h4-13,17,21-22H,14-16H2,1-3H3/t17-/m0/s1. The first kappa shape index (κ1) is 18.9. The van der Waals surface area contributed by atoms with Crippen LogP contribution in [0.5, 0.6) is 0 Å². The fourth-order valence-corrected chi connectivity index (χ4v) is 7.81. The van der Waals surface area contributed by atoms with Gasteiger partial charge in [-0.1, -0.05) is 81.4 Å². The fourth-order valence-electron chi connectivity index (χ4n) is 3.22. The molecule has 2 aromatic carbocycles. The van der Waals surface area contributed by atoms with Gasteiger partial charge < -0.3 is 14.6 Å². The third kappa shape index (κ3) is 3.95. The Bertz CT molecular complexity index is 568. The molecule has 0 bridgehead atoms. The van der Waals surface area contributed by atoms with Crippen molar-refractivity contribution in [1.82, 2.24) is 0 Å². The first-order chi connectivity index (χ1) is 11.4. The molecule has 0 aliphatic heterocycles. The number of hydrogen-bond donors (Lipinski definition) is 2. The van der Waals surface area contributed by atoms with E-state index in [1.165, 1.54) is 10.4 Å². The second-order valence-electron chi connectivity index (χ2n) is 7.14. The third-order valence-electron chi connectivity index (χ3n) is 4.37. The van der Waals surface area contributed by atoms with E-state index in [1.807, 2.05) is 36.4 Å². The lowest BCUT2D eigenvalue weighted by Crippen LogP contribution is -2.67. The van der Waals surface area contributed by atoms with E-state index in [4.69, 9.17) is 9.53 Å². The summed E-state index contributed by atoms with van der Waals surface area (Å²) < 4.78 is 6.56. The van der Waals surface area contributed by atoms with Gasteiger partial charge in [-0.3, -0.25) is 0 Å². The van der Waals surface area contributed by atoms with Crippen LogP contribution in [0.1, 0.15) is 27.2 Å². The van der Waals surface area contributed by atoms with Gasteiger partial charge in [0.1, 0.15) is 0 Å². The highest BCUT2D eigenvalue weighted by Crippen LogP contribution is 2.36. The molecule has 0 heterocycles. The van der Waals surface area contributed by atoms with Crippen molar-refractivity contribution in [3.63, 3.8) is 0 Å². The largest absolute Gasteiger partial charge is 0.405 e. The molecule has 3 nitrogen and oxygen atoms in total. The minimum absolute atomic E-state index is 0.0364. The summed E-state index contributed by atoms with van der Waals surface area (Å²) in [6.45, 7) is 6.81. The summed E-state index contributed by atoms with van der Waals surface area (Å²) in [5, 5.41) is 21.5. The predicted octanol–water partition coefficient (Wildman–Crippen LogP) is 2.31. The van der Waals surface area contributed by atoms with Crippen LogP contribution in [0.25, 0.3) is 0 Å². The predicted molar refractivity (Wildman–Crippen MR) is 101 cm³/mol. The topological polar surface area (TPSA) is 49.7 Å². The quantitative estimate of drug-likeness (QED) is 0.758. The number of aliphatic hydroxyl groups excluding tert-OH is 2. The summed E-state index contributed by atoms with van der Waals surface area (Å²) in [7, 11) is -2.58. The Morgan fingerprint density at radius 1 is 0.917 bits per heavy atom. The minimum Gasteiger partial charge on any atom is -0.405 e. The third-order valence-corrected chi connectivity index (χ3v) is 9.38. The molecule has 0 amide bonds. The van der Waals surface area contributed by atoms with E-state index in [0.29, 0.717) is 6.42 Å². The first-order valence-electron chi connectivity index (χ1n) is 8.46. The molecule has 4 heteroatoms. The molecular weight excluding hydrogens is 316 g/mol. The van der Waals surface area contributed by atoms with E-state index >= 15 is 0 Å². The van der Waals surface area contributed by atoms with Gasteiger partial charge in [-0.15, -0.1) is 0 Å². The maximum Gasteiger partial charge on any atom is 0.261 e. The Labute approximate surface area is 146 Å². The lowest BCUT2D eigenvalue weighted by Gasteiger charge is -2.43. The molecule has 2 N–H and O–H groups in total. The molecule has 0 saturated heterocycles. The second kappa shape index (κ2) is 8.08. The maximum absolute atomic E-state index is 10.1. The van der Waals surface area contributed by atoms with Crippen molar-refractivity contribution >= 4 is 18.7 Å². The molecule has 130 valence electrons. The Morgan fingerprint density at radius 2 is 1.38 bits per heavy atom. The highest BCUT2D eigenvalue weighted by Gasteiger charge is 2.50. The fraction of sp³-hybridized carbons (Fsp3) is 0.400. The van der Waals surface area contributed by atoms with Gasteiger partial charge in [-0.25, -0.2) is 0 Å². The number of rotatable bonds is 7. The zero-order chi connectivity index (χ0) is 17.6. The van der Waals surface area contributed by atoms with Crippen LogP contribution >= 0.6 is 0 Å². The van der Waals surface area contributed by atoms with Crippen LogP contribution in [-0.2, 0) is 4.43 Å². The van der Waals surface area contributed by atoms with Gasteiger partial charge >= 0.3 is 0 Å². The molecule has 0 unspecified atom stereocenters. The van der Waals surface area contributed by atoms with Gasteiger partial charge in [0.15, 0.2) is 0 Å². The van der Waals surface area contributed by atoms with Crippen molar-refractivity contribution in [2.75, 3.05) is 13.2 Å². The van der Waals surface area contributed by atoms with Gasteiger partial charge in [0.25, 0.3) is 8.32 Å². The lowest BCUT2D eigenvalue weighted by atomic mass is 10.2. The lowest BCUT2D eigenvalue weighted by molar-refractivity contribution is 0.0781. The SMILES string of the molecule is CC(C)(C)[Si](OC[C@@H](O)CCO)(c1ccccc1)c1ccccc1. The van der Waals surface area contributed by atoms with Gasteiger partial charge in [0.2, 0.25) is 0 Å². The van der Waals surface area contributed by atoms with Crippen LogP contribution in [-0.4, -0.2) is 37.8 Å². The molecule has 0 aliphatic rings. The first-order valence-corrected chi connectivity index (χ1v) is 10.4. The molecular formula is C20H28O3Si. The Balaban J connectivity index is 2.53. The van der Waals surface area contributed by atoms with Crippen molar-refractivity contribution in [1.29, 1.82) is 0 Å². The molecule has 0 fully saturated rings. The zero-order valence-corrected chi connectivity index (χ0v) is 15.8. The Hall–Kier alpha value is -1.46. The summed E-state index contributed by atoms with van der Waals surface area (Å²) in [5.41, 5.74) is 0. The molecule has 24 heavy (non-hydrogen) atoms. The molecule has 0 aliphatic carbocycles. The van der Waals surface area contributed by atoms with Crippen molar-refractivity contribution < 1.29 is 14.6 Å². The Morgan fingerprint density at radius 3 is 1.75 bits per heavy atom. The van der Waals surface area contributed by atoms with Gasteiger partial charge in [-0.05, 0) is 21.8 Å². The summed E-state index contributed by atoms with van der Waals surface area (Å²) >= 11 is 0. The van der Waals surface area contributed by atoms with E-state index in [9.17, 15) is 5.11 Å². The van der Waals surface area contributed by atoms with Gasteiger partial charge in [-0.2, -0.15) is 0 Å². The Kier molecular flexibility index (Phi) is 6.35. The van der Waals surface area contributed by atoms with E-state index in [1.54, 1.807) is 0 Å². The molecule has 0 saturated carbocycles. The van der Waals surface area contributed by atoms with Crippen LogP contribution in [0.4, 0.5) is 0 Å². The molecule has 2 aromatic rings. The highest BCUT2D eigenvalue weighted by molar-refractivity contribution is 6.99. The summed E-state index contributed by atoms with van der Waals surface area (Å²) in [4.78, 5) is 0. The van der Waals surface area contributed by atoms with Crippen molar-refractivity contribution in [2.24, 2.45) is 0 Å². The number of benzene rings is 2. The average molecular weight is 345 g/mol. The van der Waals surface area contributed by atoms with Crippen LogP contribution in [0.3, 0.4) is 0 Å². The maximum atomic E-state index is 10.1. The number of aliphatic hydroxyl groups is 2. The molecule has 0 spiro atoms. The number of hydrogen-bond acceptors (Lipinski definition) is 3. The van der Waals surface area contributed by atoms with Crippen LogP contribution in [0.2, 0.25) is 5.04 Å². The zero-order valence-electron chi connectivity index (χ0n) is 14.8. The van der Waals surface area contributed by atoms with E-state index in [2.05, 4.69) is 45.0 Å². The van der Waals surface area contributed by atoms with Crippen molar-refractivity contribution in [3.8, 4) is 0 Å². The summed E-state index contributed by atoms with van der Waals surface area (Å²) in [6.07, 6.45) is -0.324. The highest BCUT2D eigenvalue weighted by atomic mass is 28.4. The summed E-state index contributed by atoms with van der Waals surface area (Å²) in [6, 6.07) is 20.7. The van der Waals surface area contributed by atoms with Crippen LogP contribution < -0.4 is 10.4 Å².